The maximum absolute atomic E-state index is 9.69. The molecule has 1 atom stereocenters. The summed E-state index contributed by atoms with van der Waals surface area (Å²) in [5.74, 6) is 0. The van der Waals surface area contributed by atoms with E-state index in [2.05, 4.69) is 18.8 Å². The molecule has 0 aromatic carbocycles. The average Bonchev–Trinajstić information content (AvgIpc) is 2.69. The Bertz CT molecular complexity index is 356. The summed E-state index contributed by atoms with van der Waals surface area (Å²) in [5, 5.41) is 10.7. The molecule has 0 saturated heterocycles. The second-order valence-corrected chi connectivity index (χ2v) is 5.31. The summed E-state index contributed by atoms with van der Waals surface area (Å²) in [4.78, 5) is 5.55. The fourth-order valence-electron chi connectivity index (χ4n) is 2.09. The molecular weight excluding hydrogens is 234 g/mol. The van der Waals surface area contributed by atoms with Gasteiger partial charge in [0.15, 0.2) is 0 Å². The number of aryl methyl sites for hydroxylation is 1. The zero-order valence-electron chi connectivity index (χ0n) is 11.4. The van der Waals surface area contributed by atoms with Crippen molar-refractivity contribution in [2.45, 2.75) is 59.2 Å². The van der Waals surface area contributed by atoms with Crippen molar-refractivity contribution in [1.82, 2.24) is 4.98 Å². The van der Waals surface area contributed by atoms with Crippen molar-refractivity contribution in [2.24, 2.45) is 0 Å². The molecule has 0 fully saturated rings. The van der Waals surface area contributed by atoms with Crippen LogP contribution in [0.1, 0.15) is 62.2 Å². The number of hydrogen-bond acceptors (Lipinski definition) is 4. The largest absolute Gasteiger partial charge is 0.388 e. The minimum absolute atomic E-state index is 0.280. The van der Waals surface area contributed by atoms with Crippen molar-refractivity contribution in [1.29, 1.82) is 0 Å². The van der Waals surface area contributed by atoms with Gasteiger partial charge in [0.2, 0.25) is 0 Å². The van der Waals surface area contributed by atoms with E-state index < -0.39 is 6.10 Å². The summed E-state index contributed by atoms with van der Waals surface area (Å²) >= 11 is 1.58. The van der Waals surface area contributed by atoms with Crippen LogP contribution in [-0.2, 0) is 10.3 Å². The standard InChI is InChI=1S/C13H23NO2S/c1-6-13(7-2,16-8-3)12-14-9(4)11(17-12)10(5)15/h10,15H,6-8H2,1-5H3. The van der Waals surface area contributed by atoms with Gasteiger partial charge >= 0.3 is 0 Å². The Labute approximate surface area is 108 Å². The number of ether oxygens (including phenoxy) is 1. The lowest BCUT2D eigenvalue weighted by atomic mass is 9.98. The molecule has 0 aliphatic rings. The summed E-state index contributed by atoms with van der Waals surface area (Å²) < 4.78 is 5.93. The molecule has 0 radical (unpaired) electrons. The molecule has 1 heterocycles. The highest BCUT2D eigenvalue weighted by Gasteiger charge is 2.33. The summed E-state index contributed by atoms with van der Waals surface area (Å²) in [6, 6.07) is 0. The predicted molar refractivity (Wildman–Crippen MR) is 71.4 cm³/mol. The van der Waals surface area contributed by atoms with Crippen molar-refractivity contribution in [3.05, 3.63) is 15.6 Å². The number of rotatable bonds is 6. The van der Waals surface area contributed by atoms with Crippen LogP contribution in [0.5, 0.6) is 0 Å². The van der Waals surface area contributed by atoms with Gasteiger partial charge in [0, 0.05) is 6.61 Å². The van der Waals surface area contributed by atoms with Gasteiger partial charge in [-0.3, -0.25) is 0 Å². The molecule has 1 rings (SSSR count). The molecule has 1 aromatic heterocycles. The molecule has 1 N–H and O–H groups in total. The van der Waals surface area contributed by atoms with Gasteiger partial charge in [0.05, 0.1) is 16.7 Å². The number of aliphatic hydroxyl groups is 1. The first-order chi connectivity index (χ1) is 8.00. The van der Waals surface area contributed by atoms with E-state index >= 15 is 0 Å². The van der Waals surface area contributed by atoms with E-state index in [-0.39, 0.29) is 5.60 Å². The molecular formula is C13H23NO2S. The Kier molecular flexibility index (Phi) is 5.10. The SMILES string of the molecule is CCOC(CC)(CC)c1nc(C)c(C(C)O)s1. The zero-order valence-corrected chi connectivity index (χ0v) is 12.2. The molecule has 4 heteroatoms. The molecule has 0 aliphatic carbocycles. The lowest BCUT2D eigenvalue weighted by molar-refractivity contribution is -0.0507. The highest BCUT2D eigenvalue weighted by molar-refractivity contribution is 7.12. The lowest BCUT2D eigenvalue weighted by Crippen LogP contribution is -2.28. The van der Waals surface area contributed by atoms with Crippen molar-refractivity contribution in [3.63, 3.8) is 0 Å². The quantitative estimate of drug-likeness (QED) is 0.847. The Hall–Kier alpha value is -0.450. The minimum Gasteiger partial charge on any atom is -0.388 e. The Morgan fingerprint density at radius 3 is 2.29 bits per heavy atom. The van der Waals surface area contributed by atoms with Crippen molar-refractivity contribution in [2.75, 3.05) is 6.61 Å². The van der Waals surface area contributed by atoms with Crippen LogP contribution in [0, 0.1) is 6.92 Å². The smallest absolute Gasteiger partial charge is 0.125 e. The Morgan fingerprint density at radius 2 is 1.94 bits per heavy atom. The van der Waals surface area contributed by atoms with E-state index in [4.69, 9.17) is 4.74 Å². The monoisotopic (exact) mass is 257 g/mol. The highest BCUT2D eigenvalue weighted by Crippen LogP contribution is 2.38. The van der Waals surface area contributed by atoms with Gasteiger partial charge in [-0.2, -0.15) is 0 Å². The first kappa shape index (κ1) is 14.6. The second kappa shape index (κ2) is 5.94. The van der Waals surface area contributed by atoms with Crippen LogP contribution in [0.3, 0.4) is 0 Å². The number of nitrogens with zero attached hydrogens (tertiary/aromatic N) is 1. The Balaban J connectivity index is 3.15. The van der Waals surface area contributed by atoms with Crippen molar-refractivity contribution in [3.8, 4) is 0 Å². The molecule has 0 bridgehead atoms. The van der Waals surface area contributed by atoms with Gasteiger partial charge in [-0.15, -0.1) is 11.3 Å². The first-order valence-corrected chi connectivity index (χ1v) is 7.12. The molecule has 0 spiro atoms. The van der Waals surface area contributed by atoms with E-state index in [1.165, 1.54) is 0 Å². The first-order valence-electron chi connectivity index (χ1n) is 6.30. The number of aliphatic hydroxyl groups excluding tert-OH is 1. The maximum Gasteiger partial charge on any atom is 0.125 e. The zero-order chi connectivity index (χ0) is 13.1. The van der Waals surface area contributed by atoms with E-state index in [1.54, 1.807) is 18.3 Å². The van der Waals surface area contributed by atoms with Crippen LogP contribution in [-0.4, -0.2) is 16.7 Å². The number of thiazole rings is 1. The van der Waals surface area contributed by atoms with Crippen LogP contribution in [0.25, 0.3) is 0 Å². The number of hydrogen-bond donors (Lipinski definition) is 1. The summed E-state index contributed by atoms with van der Waals surface area (Å²) in [5.41, 5.74) is 0.642. The second-order valence-electron chi connectivity index (χ2n) is 4.28. The van der Waals surface area contributed by atoms with Crippen LogP contribution in [0.2, 0.25) is 0 Å². The Morgan fingerprint density at radius 1 is 1.35 bits per heavy atom. The highest BCUT2D eigenvalue weighted by atomic mass is 32.1. The molecule has 0 aliphatic heterocycles. The lowest BCUT2D eigenvalue weighted by Gasteiger charge is -2.29. The molecule has 3 nitrogen and oxygen atoms in total. The van der Waals surface area contributed by atoms with Crippen molar-refractivity contribution < 1.29 is 9.84 Å². The minimum atomic E-state index is -0.450. The fraction of sp³-hybridized carbons (Fsp3) is 0.769. The van der Waals surface area contributed by atoms with Gasteiger partial charge in [-0.1, -0.05) is 13.8 Å². The van der Waals surface area contributed by atoms with Gasteiger partial charge in [-0.05, 0) is 33.6 Å². The summed E-state index contributed by atoms with van der Waals surface area (Å²) in [7, 11) is 0. The predicted octanol–water partition coefficient (Wildman–Crippen LogP) is 3.56. The third-order valence-corrected chi connectivity index (χ3v) is 4.68. The molecule has 1 aromatic rings. The molecule has 0 saturated carbocycles. The topological polar surface area (TPSA) is 42.4 Å². The van der Waals surface area contributed by atoms with Gasteiger partial charge in [0.25, 0.3) is 0 Å². The molecule has 98 valence electrons. The van der Waals surface area contributed by atoms with E-state index in [9.17, 15) is 5.11 Å². The van der Waals surface area contributed by atoms with E-state index in [0.717, 1.165) is 28.4 Å². The number of aromatic nitrogens is 1. The van der Waals surface area contributed by atoms with Crippen LogP contribution in [0.4, 0.5) is 0 Å². The molecule has 17 heavy (non-hydrogen) atoms. The van der Waals surface area contributed by atoms with Gasteiger partial charge in [-0.25, -0.2) is 4.98 Å². The molecule has 0 amide bonds. The van der Waals surface area contributed by atoms with E-state index in [1.807, 2.05) is 13.8 Å². The van der Waals surface area contributed by atoms with Gasteiger partial charge < -0.3 is 9.84 Å². The van der Waals surface area contributed by atoms with Crippen LogP contribution < -0.4 is 0 Å². The third kappa shape index (κ3) is 2.87. The van der Waals surface area contributed by atoms with Gasteiger partial charge in [0.1, 0.15) is 10.6 Å². The van der Waals surface area contributed by atoms with Crippen LogP contribution >= 0.6 is 11.3 Å². The van der Waals surface area contributed by atoms with E-state index in [0.29, 0.717) is 6.61 Å². The summed E-state index contributed by atoms with van der Waals surface area (Å²) in [6.07, 6.45) is 1.36. The van der Waals surface area contributed by atoms with Crippen LogP contribution in [0.15, 0.2) is 0 Å². The van der Waals surface area contributed by atoms with Crippen molar-refractivity contribution >= 4 is 11.3 Å². The third-order valence-electron chi connectivity index (χ3n) is 3.16. The molecule has 1 unspecified atom stereocenters. The fourth-order valence-corrected chi connectivity index (χ4v) is 3.37. The summed E-state index contributed by atoms with van der Waals surface area (Å²) in [6.45, 7) is 10.7. The normalized spacial score (nSPS) is 14.0. The average molecular weight is 257 g/mol. The maximum atomic E-state index is 9.69.